The van der Waals surface area contributed by atoms with Gasteiger partial charge in [-0.05, 0) is 24.1 Å². The molecule has 2 heterocycles. The first-order valence-electron chi connectivity index (χ1n) is 9.50. The van der Waals surface area contributed by atoms with Crippen molar-refractivity contribution < 1.29 is 9.18 Å². The van der Waals surface area contributed by atoms with Gasteiger partial charge in [-0.2, -0.15) is 0 Å². The lowest BCUT2D eigenvalue weighted by Crippen LogP contribution is -2.51. The normalized spacial score (nSPS) is 23.0. The zero-order valence-electron chi connectivity index (χ0n) is 15.5. The molecule has 0 saturated heterocycles. The minimum atomic E-state index is -0.380. The molecule has 2 aliphatic rings. The Balaban J connectivity index is 1.49. The Kier molecular flexibility index (Phi) is 4.21. The number of rotatable bonds is 1. The first-order valence-corrected chi connectivity index (χ1v) is 9.50. The lowest BCUT2D eigenvalue weighted by atomic mass is 9.87. The van der Waals surface area contributed by atoms with Gasteiger partial charge in [-0.1, -0.05) is 24.3 Å². The smallest absolute Gasteiger partial charge is 0.209 e. The molecule has 0 fully saturated rings. The number of nitrogens with zero attached hydrogens (tertiary/aromatic N) is 4. The van der Waals surface area contributed by atoms with Crippen molar-refractivity contribution in [2.24, 2.45) is 15.7 Å². The highest BCUT2D eigenvalue weighted by Crippen LogP contribution is 2.32. The highest BCUT2D eigenvalue weighted by molar-refractivity contribution is 6.07. The Morgan fingerprint density at radius 3 is 3.00 bits per heavy atom. The molecule has 5 rings (SSSR count). The van der Waals surface area contributed by atoms with Crippen LogP contribution in [0.2, 0.25) is 0 Å². The van der Waals surface area contributed by atoms with Crippen molar-refractivity contribution in [2.45, 2.75) is 24.9 Å². The van der Waals surface area contributed by atoms with E-state index in [2.05, 4.69) is 15.3 Å². The van der Waals surface area contributed by atoms with Gasteiger partial charge >= 0.3 is 0 Å². The summed E-state index contributed by atoms with van der Waals surface area (Å²) >= 11 is 0. The summed E-state index contributed by atoms with van der Waals surface area (Å²) in [6, 6.07) is 11.5. The van der Waals surface area contributed by atoms with E-state index in [0.29, 0.717) is 42.2 Å². The van der Waals surface area contributed by atoms with Crippen LogP contribution in [0.4, 0.5) is 4.39 Å². The van der Waals surface area contributed by atoms with Crippen molar-refractivity contribution in [2.75, 3.05) is 6.54 Å². The summed E-state index contributed by atoms with van der Waals surface area (Å²) in [6.45, 7) is 0.351. The predicted octanol–water partition coefficient (Wildman–Crippen LogP) is 2.43. The maximum atomic E-state index is 13.7. The summed E-state index contributed by atoms with van der Waals surface area (Å²) < 4.78 is 15.4. The number of Topliss-reactive ketones (excluding diaryl/α,β-unsaturated/α-hetero) is 1. The molecule has 2 aromatic carbocycles. The molecule has 8 heteroatoms. The average Bonchev–Trinajstić information content (AvgIpc) is 3.15. The Hall–Kier alpha value is -3.39. The monoisotopic (exact) mass is 390 g/mol. The second kappa shape index (κ2) is 6.89. The molecule has 2 atom stereocenters. The molecule has 7 nitrogen and oxygen atoms in total. The Labute approximate surface area is 166 Å². The number of carbonyl (C=O) groups excluding carboxylic acids is 1. The summed E-state index contributed by atoms with van der Waals surface area (Å²) in [5.74, 6) is 0.901. The summed E-state index contributed by atoms with van der Waals surface area (Å²) in [4.78, 5) is 25.8. The first-order chi connectivity index (χ1) is 14.1. The second-order valence-electron chi connectivity index (χ2n) is 7.22. The maximum Gasteiger partial charge on any atom is 0.209 e. The second-order valence-corrected chi connectivity index (χ2v) is 7.22. The zero-order chi connectivity index (χ0) is 20.0. The number of nitrogens with two attached hydrogens (primary N) is 1. The van der Waals surface area contributed by atoms with Gasteiger partial charge in [0, 0.05) is 18.1 Å². The van der Waals surface area contributed by atoms with Crippen molar-refractivity contribution in [3.05, 3.63) is 65.7 Å². The summed E-state index contributed by atoms with van der Waals surface area (Å²) in [6.07, 6.45) is 2.69. The molecule has 29 heavy (non-hydrogen) atoms. The third-order valence-corrected chi connectivity index (χ3v) is 5.33. The molecule has 0 radical (unpaired) electrons. The molecule has 146 valence electrons. The molecule has 1 aromatic heterocycles. The van der Waals surface area contributed by atoms with E-state index in [1.54, 1.807) is 17.0 Å². The van der Waals surface area contributed by atoms with E-state index in [1.807, 2.05) is 24.3 Å². The highest BCUT2D eigenvalue weighted by Gasteiger charge is 2.27. The van der Waals surface area contributed by atoms with Gasteiger partial charge in [0.15, 0.2) is 5.78 Å². The highest BCUT2D eigenvalue weighted by atomic mass is 19.1. The molecule has 0 saturated carbocycles. The molecular formula is C21H19FN6O. The number of fused-ring (bicyclic) bond motifs is 2. The number of aliphatic imine (C=N–C) groups is 2. The van der Waals surface area contributed by atoms with Crippen molar-refractivity contribution in [3.63, 3.8) is 0 Å². The molecule has 2 unspecified atom stereocenters. The topological polar surface area (TPSA) is 97.7 Å². The number of benzene rings is 2. The van der Waals surface area contributed by atoms with Crippen molar-refractivity contribution in [1.29, 1.82) is 0 Å². The molecule has 0 amide bonds. The molecular weight excluding hydrogens is 371 g/mol. The van der Waals surface area contributed by atoms with Crippen LogP contribution in [0.3, 0.4) is 0 Å². The Bertz CT molecular complexity index is 1180. The lowest BCUT2D eigenvalue weighted by molar-refractivity contribution is 0.0967. The van der Waals surface area contributed by atoms with Gasteiger partial charge in [-0.3, -0.25) is 19.3 Å². The minimum Gasteiger partial charge on any atom is -0.320 e. The van der Waals surface area contributed by atoms with E-state index in [9.17, 15) is 9.18 Å². The van der Waals surface area contributed by atoms with E-state index >= 15 is 0 Å². The van der Waals surface area contributed by atoms with Crippen LogP contribution in [0.5, 0.6) is 0 Å². The number of nitrogens with one attached hydrogen (secondary N) is 1. The molecule has 1 aliphatic carbocycles. The fraction of sp³-hybridized carbons (Fsp3) is 0.238. The largest absolute Gasteiger partial charge is 0.320 e. The number of imidazole rings is 1. The number of hydrogen-bond donors (Lipinski definition) is 2. The Morgan fingerprint density at radius 2 is 2.10 bits per heavy atom. The van der Waals surface area contributed by atoms with E-state index in [-0.39, 0.29) is 23.7 Å². The van der Waals surface area contributed by atoms with Crippen LogP contribution >= 0.6 is 0 Å². The summed E-state index contributed by atoms with van der Waals surface area (Å²) in [5.41, 5.74) is 9.17. The average molecular weight is 390 g/mol. The lowest BCUT2D eigenvalue weighted by Gasteiger charge is -2.27. The number of amidine groups is 1. The van der Waals surface area contributed by atoms with Gasteiger partial charge in [0.2, 0.25) is 5.96 Å². The maximum absolute atomic E-state index is 13.7. The standard InChI is InChI=1S/C21H19FN6O/c22-12-5-6-17-18(9-12)28(11-25-17)21-24-10-15(23)20(27-21)26-16-7-8-19(29)14-4-2-1-3-13(14)16/h1-6,9,11,15-16H,7-8,10,23H2,(H,24,26,27). The molecule has 1 aliphatic heterocycles. The molecule has 0 spiro atoms. The quantitative estimate of drug-likeness (QED) is 0.667. The summed E-state index contributed by atoms with van der Waals surface area (Å²) in [5, 5.41) is 3.20. The Morgan fingerprint density at radius 1 is 1.24 bits per heavy atom. The van der Waals surface area contributed by atoms with Crippen molar-refractivity contribution in [1.82, 2.24) is 14.9 Å². The minimum absolute atomic E-state index is 0.145. The van der Waals surface area contributed by atoms with Crippen molar-refractivity contribution in [3.8, 4) is 0 Å². The van der Waals surface area contributed by atoms with Crippen LogP contribution in [0.15, 0.2) is 58.8 Å². The number of hydrogen-bond acceptors (Lipinski definition) is 5. The third-order valence-electron chi connectivity index (χ3n) is 5.33. The van der Waals surface area contributed by atoms with Gasteiger partial charge in [0.1, 0.15) is 18.0 Å². The molecule has 3 aromatic rings. The molecule has 0 bridgehead atoms. The number of ketones is 1. The van der Waals surface area contributed by atoms with Crippen molar-refractivity contribution >= 4 is 28.6 Å². The van der Waals surface area contributed by atoms with E-state index in [4.69, 9.17) is 10.7 Å². The van der Waals surface area contributed by atoms with E-state index < -0.39 is 0 Å². The van der Waals surface area contributed by atoms with Crippen LogP contribution in [0.25, 0.3) is 11.0 Å². The van der Waals surface area contributed by atoms with Crippen LogP contribution < -0.4 is 11.1 Å². The van der Waals surface area contributed by atoms with Gasteiger partial charge < -0.3 is 11.1 Å². The van der Waals surface area contributed by atoms with Gasteiger partial charge in [-0.15, -0.1) is 0 Å². The van der Waals surface area contributed by atoms with Gasteiger partial charge in [-0.25, -0.2) is 9.37 Å². The number of aromatic nitrogens is 2. The SMILES string of the molecule is NC1CN=C(n2cnc3ccc(F)cc32)NC1=NC1CCC(=O)c2ccccc21. The first kappa shape index (κ1) is 17.7. The number of carbonyl (C=O) groups is 1. The van der Waals surface area contributed by atoms with Crippen LogP contribution in [-0.2, 0) is 0 Å². The predicted molar refractivity (Wildman–Crippen MR) is 109 cm³/mol. The van der Waals surface area contributed by atoms with E-state index in [0.717, 1.165) is 11.1 Å². The summed E-state index contributed by atoms with van der Waals surface area (Å²) in [7, 11) is 0. The van der Waals surface area contributed by atoms with E-state index in [1.165, 1.54) is 12.1 Å². The van der Waals surface area contributed by atoms with Gasteiger partial charge in [0.25, 0.3) is 0 Å². The van der Waals surface area contributed by atoms with Crippen LogP contribution in [-0.4, -0.2) is 39.7 Å². The fourth-order valence-electron chi connectivity index (χ4n) is 3.83. The number of halogens is 1. The third kappa shape index (κ3) is 3.11. The van der Waals surface area contributed by atoms with Crippen LogP contribution in [0.1, 0.15) is 34.8 Å². The zero-order valence-corrected chi connectivity index (χ0v) is 15.5. The van der Waals surface area contributed by atoms with Crippen LogP contribution in [0, 0.1) is 5.82 Å². The molecule has 3 N–H and O–H groups in total. The van der Waals surface area contributed by atoms with Gasteiger partial charge in [0.05, 0.1) is 29.7 Å². The fourth-order valence-corrected chi connectivity index (χ4v) is 3.83.